The molecule has 9 heteroatoms. The molecule has 0 aliphatic heterocycles. The Morgan fingerprint density at radius 3 is 2.50 bits per heavy atom. The summed E-state index contributed by atoms with van der Waals surface area (Å²) in [6.45, 7) is 0.361. The highest BCUT2D eigenvalue weighted by atomic mass is 32.1. The number of anilines is 1. The van der Waals surface area contributed by atoms with Crippen LogP contribution in [0.15, 0.2) is 30.3 Å². The lowest BCUT2D eigenvalue weighted by Gasteiger charge is -2.11. The number of carbonyl (C=O) groups excluding carboxylic acids is 1. The normalized spacial score (nSPS) is 10.1. The van der Waals surface area contributed by atoms with Crippen molar-refractivity contribution in [2.24, 2.45) is 0 Å². The lowest BCUT2D eigenvalue weighted by Crippen LogP contribution is -2.27. The highest BCUT2D eigenvalue weighted by Crippen LogP contribution is 2.30. The number of rotatable bonds is 7. The standard InChI is InChI=1S/C15H17N3O5S/c1-18(2)15(21)16-13-11(14(19)20)12(17-24-13)23-9-8-22-10-6-4-3-5-7-10/h3-7H,8-9H2,1-2H3,(H,16,21)(H,19,20). The maximum absolute atomic E-state index is 11.7. The van der Waals surface area contributed by atoms with Gasteiger partial charge in [0.05, 0.1) is 0 Å². The van der Waals surface area contributed by atoms with Crippen molar-refractivity contribution in [2.75, 3.05) is 32.6 Å². The third-order valence-corrected chi connectivity index (χ3v) is 3.58. The van der Waals surface area contributed by atoms with E-state index in [1.54, 1.807) is 26.2 Å². The van der Waals surface area contributed by atoms with Gasteiger partial charge in [0, 0.05) is 14.1 Å². The fourth-order valence-corrected chi connectivity index (χ4v) is 2.39. The van der Waals surface area contributed by atoms with Gasteiger partial charge in [-0.05, 0) is 23.7 Å². The van der Waals surface area contributed by atoms with Crippen LogP contribution in [-0.4, -0.2) is 53.7 Å². The van der Waals surface area contributed by atoms with Crippen LogP contribution in [0.25, 0.3) is 0 Å². The van der Waals surface area contributed by atoms with Crippen LogP contribution in [0.2, 0.25) is 0 Å². The molecule has 0 radical (unpaired) electrons. The van der Waals surface area contributed by atoms with E-state index in [9.17, 15) is 14.7 Å². The van der Waals surface area contributed by atoms with Crippen LogP contribution in [-0.2, 0) is 0 Å². The molecular weight excluding hydrogens is 334 g/mol. The number of benzene rings is 1. The van der Waals surface area contributed by atoms with Gasteiger partial charge in [0.25, 0.3) is 0 Å². The molecule has 24 heavy (non-hydrogen) atoms. The second-order valence-electron chi connectivity index (χ2n) is 4.83. The minimum Gasteiger partial charge on any atom is -0.490 e. The summed E-state index contributed by atoms with van der Waals surface area (Å²) in [5, 5.41) is 11.9. The smallest absolute Gasteiger partial charge is 0.344 e. The molecule has 0 bridgehead atoms. The predicted molar refractivity (Wildman–Crippen MR) is 89.2 cm³/mol. The summed E-state index contributed by atoms with van der Waals surface area (Å²) in [7, 11) is 3.10. The Morgan fingerprint density at radius 2 is 1.88 bits per heavy atom. The number of aromatic carboxylic acids is 1. The number of para-hydroxylation sites is 1. The van der Waals surface area contributed by atoms with Crippen molar-refractivity contribution in [3.63, 3.8) is 0 Å². The van der Waals surface area contributed by atoms with E-state index < -0.39 is 12.0 Å². The first-order valence-electron chi connectivity index (χ1n) is 7.01. The SMILES string of the molecule is CN(C)C(=O)Nc1snc(OCCOc2ccccc2)c1C(=O)O. The molecule has 1 aromatic heterocycles. The molecule has 2 rings (SSSR count). The van der Waals surface area contributed by atoms with Gasteiger partial charge in [0.15, 0.2) is 5.56 Å². The van der Waals surface area contributed by atoms with E-state index in [0.29, 0.717) is 5.75 Å². The van der Waals surface area contributed by atoms with E-state index in [1.165, 1.54) is 4.90 Å². The molecule has 2 N–H and O–H groups in total. The van der Waals surface area contributed by atoms with Crippen molar-refractivity contribution < 1.29 is 24.2 Å². The van der Waals surface area contributed by atoms with Crippen LogP contribution in [0, 0.1) is 0 Å². The Balaban J connectivity index is 1.96. The maximum atomic E-state index is 11.7. The number of carboxylic acid groups (broad SMARTS) is 1. The van der Waals surface area contributed by atoms with Crippen LogP contribution in [0.4, 0.5) is 9.80 Å². The van der Waals surface area contributed by atoms with Crippen LogP contribution >= 0.6 is 11.5 Å². The molecule has 0 atom stereocenters. The van der Waals surface area contributed by atoms with Crippen LogP contribution in [0.5, 0.6) is 11.6 Å². The number of carbonyl (C=O) groups is 2. The molecule has 0 aliphatic rings. The van der Waals surface area contributed by atoms with Gasteiger partial charge in [0.1, 0.15) is 24.0 Å². The van der Waals surface area contributed by atoms with Crippen molar-refractivity contribution in [3.8, 4) is 11.6 Å². The fraction of sp³-hybridized carbons (Fsp3) is 0.267. The minimum atomic E-state index is -1.23. The quantitative estimate of drug-likeness (QED) is 0.743. The summed E-state index contributed by atoms with van der Waals surface area (Å²) in [5.74, 6) is -0.577. The summed E-state index contributed by atoms with van der Waals surface area (Å²) in [4.78, 5) is 24.3. The summed E-state index contributed by atoms with van der Waals surface area (Å²) in [6.07, 6.45) is 0. The van der Waals surface area contributed by atoms with Crippen molar-refractivity contribution in [2.45, 2.75) is 0 Å². The Hall–Kier alpha value is -2.81. The fourth-order valence-electron chi connectivity index (χ4n) is 1.67. The summed E-state index contributed by atoms with van der Waals surface area (Å²) < 4.78 is 14.8. The van der Waals surface area contributed by atoms with Gasteiger partial charge in [-0.25, -0.2) is 9.59 Å². The molecule has 2 aromatic rings. The van der Waals surface area contributed by atoms with Crippen molar-refractivity contribution in [3.05, 3.63) is 35.9 Å². The molecule has 2 amide bonds. The van der Waals surface area contributed by atoms with Crippen LogP contribution in [0.1, 0.15) is 10.4 Å². The largest absolute Gasteiger partial charge is 0.490 e. The molecular formula is C15H17N3O5S. The summed E-state index contributed by atoms with van der Waals surface area (Å²) in [6, 6.07) is 8.74. The van der Waals surface area contributed by atoms with Gasteiger partial charge in [-0.2, -0.15) is 4.37 Å². The van der Waals surface area contributed by atoms with E-state index in [-0.39, 0.29) is 29.7 Å². The Labute approximate surface area is 142 Å². The zero-order valence-electron chi connectivity index (χ0n) is 13.2. The number of aromatic nitrogens is 1. The average molecular weight is 351 g/mol. The molecule has 1 aromatic carbocycles. The van der Waals surface area contributed by atoms with Crippen LogP contribution < -0.4 is 14.8 Å². The second kappa shape index (κ2) is 8.16. The molecule has 0 aliphatic carbocycles. The number of amides is 2. The Bertz CT molecular complexity index is 702. The van der Waals surface area contributed by atoms with Gasteiger partial charge < -0.3 is 19.5 Å². The first-order valence-corrected chi connectivity index (χ1v) is 7.78. The van der Waals surface area contributed by atoms with Crippen molar-refractivity contribution in [1.29, 1.82) is 0 Å². The monoisotopic (exact) mass is 351 g/mol. The molecule has 0 unspecified atom stereocenters. The maximum Gasteiger partial charge on any atom is 0.344 e. The number of ether oxygens (including phenoxy) is 2. The molecule has 0 fully saturated rings. The zero-order chi connectivity index (χ0) is 17.5. The van der Waals surface area contributed by atoms with E-state index in [4.69, 9.17) is 9.47 Å². The lowest BCUT2D eigenvalue weighted by atomic mass is 10.3. The highest BCUT2D eigenvalue weighted by molar-refractivity contribution is 7.11. The van der Waals surface area contributed by atoms with Crippen molar-refractivity contribution in [1.82, 2.24) is 9.27 Å². The molecule has 8 nitrogen and oxygen atoms in total. The number of hydrogen-bond acceptors (Lipinski definition) is 6. The molecule has 1 heterocycles. The Kier molecular flexibility index (Phi) is 5.96. The van der Waals surface area contributed by atoms with Crippen molar-refractivity contribution >= 4 is 28.5 Å². The third-order valence-electron chi connectivity index (χ3n) is 2.84. The zero-order valence-corrected chi connectivity index (χ0v) is 14.0. The molecule has 0 spiro atoms. The van der Waals surface area contributed by atoms with Gasteiger partial charge in [-0.15, -0.1) is 0 Å². The Morgan fingerprint density at radius 1 is 1.21 bits per heavy atom. The molecule has 0 saturated heterocycles. The predicted octanol–water partition coefficient (Wildman–Crippen LogP) is 2.39. The highest BCUT2D eigenvalue weighted by Gasteiger charge is 2.23. The van der Waals surface area contributed by atoms with Gasteiger partial charge in [-0.3, -0.25) is 5.32 Å². The summed E-state index contributed by atoms with van der Waals surface area (Å²) >= 11 is 0.849. The van der Waals surface area contributed by atoms with E-state index >= 15 is 0 Å². The average Bonchev–Trinajstić information content (AvgIpc) is 2.95. The number of carboxylic acids is 1. The second-order valence-corrected chi connectivity index (χ2v) is 5.60. The van der Waals surface area contributed by atoms with Gasteiger partial charge in [0.2, 0.25) is 5.88 Å². The van der Waals surface area contributed by atoms with E-state index in [1.807, 2.05) is 18.2 Å². The summed E-state index contributed by atoms with van der Waals surface area (Å²) in [5.41, 5.74) is -0.171. The van der Waals surface area contributed by atoms with Gasteiger partial charge >= 0.3 is 12.0 Å². The van der Waals surface area contributed by atoms with E-state index in [2.05, 4.69) is 9.69 Å². The van der Waals surface area contributed by atoms with Gasteiger partial charge in [-0.1, -0.05) is 18.2 Å². The number of nitrogens with zero attached hydrogens (tertiary/aromatic N) is 2. The first-order chi connectivity index (χ1) is 11.5. The third kappa shape index (κ3) is 4.59. The number of nitrogens with one attached hydrogen (secondary N) is 1. The lowest BCUT2D eigenvalue weighted by molar-refractivity contribution is 0.0692. The number of hydrogen-bond donors (Lipinski definition) is 2. The van der Waals surface area contributed by atoms with E-state index in [0.717, 1.165) is 11.5 Å². The minimum absolute atomic E-state index is 0.0433. The molecule has 128 valence electrons. The topological polar surface area (TPSA) is 101 Å². The number of urea groups is 1. The van der Waals surface area contributed by atoms with Crippen LogP contribution in [0.3, 0.4) is 0 Å². The molecule has 0 saturated carbocycles. The first kappa shape index (κ1) is 17.5.